The van der Waals surface area contributed by atoms with Gasteiger partial charge < -0.3 is 5.48 Å². The molecule has 0 aliphatic rings. The first kappa shape index (κ1) is 15.7. The van der Waals surface area contributed by atoms with Crippen molar-refractivity contribution in [1.29, 1.82) is 0 Å². The van der Waals surface area contributed by atoms with Crippen molar-refractivity contribution in [2.24, 2.45) is 0 Å². The van der Waals surface area contributed by atoms with Crippen LogP contribution in [0, 0.1) is 0 Å². The van der Waals surface area contributed by atoms with Crippen LogP contribution in [0.1, 0.15) is 0 Å². The van der Waals surface area contributed by atoms with Crippen LogP contribution >= 0.6 is 0 Å². The van der Waals surface area contributed by atoms with Gasteiger partial charge in [-0.05, 0) is 0 Å². The van der Waals surface area contributed by atoms with Gasteiger partial charge in [-0.25, -0.2) is 0 Å². The molecule has 0 rings (SSSR count). The maximum atomic E-state index is 8.82. The van der Waals surface area contributed by atoms with E-state index in [0.717, 1.165) is 0 Å². The van der Waals surface area contributed by atoms with Gasteiger partial charge in [-0.3, -0.25) is 0 Å². The van der Waals surface area contributed by atoms with E-state index in [9.17, 15) is 0 Å². The van der Waals surface area contributed by atoms with E-state index in [1.54, 1.807) is 0 Å². The second kappa shape index (κ2) is 5.16. The minimum atomic E-state index is -5.25. The Kier molecular flexibility index (Phi) is 11.5. The Morgan fingerprint density at radius 1 is 1.14 bits per heavy atom. The van der Waals surface area contributed by atoms with Crippen molar-refractivity contribution in [2.45, 2.75) is 0 Å². The third-order valence-corrected chi connectivity index (χ3v) is 0. The number of hydrogen-bond donors (Lipinski definition) is 2. The molecule has 7 heavy (non-hydrogen) atoms. The van der Waals surface area contributed by atoms with Gasteiger partial charge in [-0.15, -0.1) is 0 Å². The molecule has 0 aromatic carbocycles. The third-order valence-electron chi connectivity index (χ3n) is 0. The summed E-state index contributed by atoms with van der Waals surface area (Å²) in [5.74, 6) is 0. The summed E-state index contributed by atoms with van der Waals surface area (Å²) in [6.45, 7) is 0. The van der Waals surface area contributed by atoms with Crippen LogP contribution in [0.2, 0.25) is 0 Å². The molecule has 5 nitrogen and oxygen atoms in total. The average Bonchev–Trinajstić information content (AvgIpc) is 0.722. The van der Waals surface area contributed by atoms with Gasteiger partial charge in [0.05, 0.1) is 0 Å². The Morgan fingerprint density at radius 2 is 1.14 bits per heavy atom. The molecule has 0 spiro atoms. The van der Waals surface area contributed by atoms with Gasteiger partial charge in [0.15, 0.2) is 0 Å². The van der Waals surface area contributed by atoms with Gasteiger partial charge in [0.25, 0.3) is 0 Å². The second-order valence-electron chi connectivity index (χ2n) is 0.448. The van der Waals surface area contributed by atoms with Crippen LogP contribution in [-0.2, 0) is 21.2 Å². The summed E-state index contributed by atoms with van der Waals surface area (Å²) in [6.07, 6.45) is 0. The van der Waals surface area contributed by atoms with Gasteiger partial charge >= 0.3 is 59.1 Å². The van der Waals surface area contributed by atoms with Crippen molar-refractivity contribution < 1.29 is 64.6 Å². The fourth-order valence-corrected chi connectivity index (χ4v) is 0. The Morgan fingerprint density at radius 3 is 1.14 bits per heavy atom. The van der Waals surface area contributed by atoms with Crippen LogP contribution in [-0.4, -0.2) is 13.8 Å². The summed E-state index contributed by atoms with van der Waals surface area (Å²) in [6, 6.07) is 0. The van der Waals surface area contributed by atoms with Crippen molar-refractivity contribution in [3.63, 3.8) is 0 Å². The second-order valence-corrected chi connectivity index (χ2v) is 1.85. The molecule has 0 fully saturated rings. The van der Waals surface area contributed by atoms with E-state index >= 15 is 0 Å². The molecule has 7 heteroatoms. The SMILES string of the molecule is [Na+].[OH-].[O]=[Cr](=[O])([OH])[OH]. The first-order valence-corrected chi connectivity index (χ1v) is 2.88. The van der Waals surface area contributed by atoms with E-state index in [-0.39, 0.29) is 35.0 Å². The summed E-state index contributed by atoms with van der Waals surface area (Å²) in [7, 11) is 0. The monoisotopic (exact) mass is 158 g/mol. The Balaban J connectivity index is -0.0000000800. The van der Waals surface area contributed by atoms with Crippen molar-refractivity contribution in [1.82, 2.24) is 0 Å². The maximum absolute atomic E-state index is 8.82. The molecular formula is H3CrNaO5. The van der Waals surface area contributed by atoms with Crippen molar-refractivity contribution in [3.8, 4) is 0 Å². The fourth-order valence-electron chi connectivity index (χ4n) is 0. The molecule has 0 aliphatic carbocycles. The van der Waals surface area contributed by atoms with E-state index in [2.05, 4.69) is 0 Å². The van der Waals surface area contributed by atoms with Gasteiger partial charge in [0, 0.05) is 0 Å². The normalized spacial score (nSPS) is 8.29. The summed E-state index contributed by atoms with van der Waals surface area (Å²) in [4.78, 5) is 0. The molecule has 0 saturated carbocycles. The topological polar surface area (TPSA) is 105 Å². The third kappa shape index (κ3) is 172. The molecule has 0 atom stereocenters. The van der Waals surface area contributed by atoms with Crippen LogP contribution in [0.25, 0.3) is 0 Å². The Labute approximate surface area is 64.3 Å². The van der Waals surface area contributed by atoms with Crippen LogP contribution in [0.3, 0.4) is 0 Å². The molecule has 0 saturated heterocycles. The summed E-state index contributed by atoms with van der Waals surface area (Å²) in [5.41, 5.74) is 0. The molecule has 0 unspecified atom stereocenters. The molecule has 3 N–H and O–H groups in total. The first-order valence-electron chi connectivity index (χ1n) is 0.698. The van der Waals surface area contributed by atoms with Crippen LogP contribution in [0.4, 0.5) is 0 Å². The van der Waals surface area contributed by atoms with Gasteiger partial charge in [0.2, 0.25) is 0 Å². The zero-order chi connectivity index (χ0) is 4.50. The molecule has 0 bridgehead atoms. The molecule has 0 radical (unpaired) electrons. The Bertz CT molecular complexity index is 91.2. The van der Waals surface area contributed by atoms with E-state index in [4.69, 9.17) is 15.9 Å². The van der Waals surface area contributed by atoms with E-state index in [1.165, 1.54) is 0 Å². The summed E-state index contributed by atoms with van der Waals surface area (Å²) < 4.78 is 31.9. The van der Waals surface area contributed by atoms with E-state index in [1.807, 2.05) is 0 Å². The van der Waals surface area contributed by atoms with Gasteiger partial charge in [-0.1, -0.05) is 0 Å². The number of hydrogen-bond acceptors (Lipinski definition) is 3. The molecule has 0 heterocycles. The zero-order valence-electron chi connectivity index (χ0n) is 3.57. The van der Waals surface area contributed by atoms with Crippen molar-refractivity contribution in [2.75, 3.05) is 0 Å². The predicted molar refractivity (Wildman–Crippen MR) is 7.75 cm³/mol. The average molecular weight is 158 g/mol. The molecule has 40 valence electrons. The van der Waals surface area contributed by atoms with Gasteiger partial charge in [-0.2, -0.15) is 0 Å². The molecule has 0 amide bonds. The van der Waals surface area contributed by atoms with Crippen LogP contribution in [0.15, 0.2) is 0 Å². The van der Waals surface area contributed by atoms with Crippen LogP contribution in [0.5, 0.6) is 0 Å². The van der Waals surface area contributed by atoms with Gasteiger partial charge in [0.1, 0.15) is 0 Å². The molecular weight excluding hydrogens is 155 g/mol. The fraction of sp³-hybridized carbons (Fsp3) is 0. The predicted octanol–water partition coefficient (Wildman–Crippen LogP) is -4.53. The molecule has 0 aromatic rings. The van der Waals surface area contributed by atoms with E-state index < -0.39 is 13.6 Å². The molecule has 0 aromatic heterocycles. The standard InChI is InChI=1S/Cr.Na.3H2O.2O/h;;3*1H2;;/q+2;+1;;;;;/p-3. The molecule has 0 aliphatic heterocycles. The quantitative estimate of drug-likeness (QED) is 0.345. The minimum absolute atomic E-state index is 0. The number of rotatable bonds is 0. The summed E-state index contributed by atoms with van der Waals surface area (Å²) >= 11 is -5.25. The zero-order valence-corrected chi connectivity index (χ0v) is 6.84. The first-order chi connectivity index (χ1) is 2.00. The summed E-state index contributed by atoms with van der Waals surface area (Å²) in [5, 5.41) is 0. The van der Waals surface area contributed by atoms with Crippen LogP contribution < -0.4 is 29.6 Å². The Hall–Kier alpha value is 1.01. The van der Waals surface area contributed by atoms with Crippen molar-refractivity contribution >= 4 is 0 Å². The van der Waals surface area contributed by atoms with Crippen molar-refractivity contribution in [3.05, 3.63) is 0 Å². The van der Waals surface area contributed by atoms with E-state index in [0.29, 0.717) is 0 Å².